The third-order valence-corrected chi connectivity index (χ3v) is 6.73. The molecule has 1 aromatic heterocycles. The van der Waals surface area contributed by atoms with E-state index in [0.29, 0.717) is 41.7 Å². The van der Waals surface area contributed by atoms with Gasteiger partial charge in [-0.1, -0.05) is 11.3 Å². The normalized spacial score (nSPS) is 14.9. The van der Waals surface area contributed by atoms with Crippen molar-refractivity contribution in [3.63, 3.8) is 0 Å². The van der Waals surface area contributed by atoms with Gasteiger partial charge < -0.3 is 4.74 Å². The lowest BCUT2D eigenvalue weighted by Gasteiger charge is -2.29. The second-order valence-electron chi connectivity index (χ2n) is 6.87. The molecule has 0 atom stereocenters. The Bertz CT molecular complexity index is 1040. The summed E-state index contributed by atoms with van der Waals surface area (Å²) in [5, 5.41) is 0.363. The van der Waals surface area contributed by atoms with Crippen molar-refractivity contribution in [1.82, 2.24) is 9.88 Å². The minimum Gasteiger partial charge on any atom is -0.379 e. The maximum Gasteiger partial charge on any atom is 0.260 e. The average molecular weight is 450 g/mol. The number of rotatable bonds is 6. The molecule has 0 N–H and O–H groups in total. The number of carbonyl (C=O) groups excluding carboxylic acids is 1. The summed E-state index contributed by atoms with van der Waals surface area (Å²) in [5.74, 6) is -1.60. The van der Waals surface area contributed by atoms with Crippen molar-refractivity contribution in [3.05, 3.63) is 53.6 Å². The fourth-order valence-electron chi connectivity index (χ4n) is 3.30. The minimum atomic E-state index is -0.725. The Morgan fingerprint density at radius 3 is 2.67 bits per heavy atom. The molecule has 0 bridgehead atoms. The molecule has 0 aliphatic carbocycles. The molecule has 1 aliphatic heterocycles. The zero-order valence-corrected chi connectivity index (χ0v) is 18.1. The van der Waals surface area contributed by atoms with Gasteiger partial charge in [0.2, 0.25) is 0 Å². The number of anilines is 1. The number of amides is 1. The summed E-state index contributed by atoms with van der Waals surface area (Å²) in [5.41, 5.74) is 0.610. The molecule has 1 fully saturated rings. The van der Waals surface area contributed by atoms with Crippen molar-refractivity contribution < 1.29 is 18.3 Å². The zero-order chi connectivity index (χ0) is 21.1. The van der Waals surface area contributed by atoms with Crippen LogP contribution in [0.5, 0.6) is 0 Å². The van der Waals surface area contributed by atoms with Crippen LogP contribution in [0, 0.1) is 11.6 Å². The van der Waals surface area contributed by atoms with Gasteiger partial charge in [-0.05, 0) is 36.6 Å². The summed E-state index contributed by atoms with van der Waals surface area (Å²) in [4.78, 5) is 22.5. The predicted molar refractivity (Wildman–Crippen MR) is 117 cm³/mol. The molecule has 30 heavy (non-hydrogen) atoms. The third kappa shape index (κ3) is 4.64. The summed E-state index contributed by atoms with van der Waals surface area (Å²) < 4.78 is 33.6. The van der Waals surface area contributed by atoms with Crippen molar-refractivity contribution in [2.24, 2.45) is 0 Å². The maximum atomic E-state index is 14.2. The van der Waals surface area contributed by atoms with Gasteiger partial charge in [0, 0.05) is 42.7 Å². The first-order chi connectivity index (χ1) is 14.5. The van der Waals surface area contributed by atoms with Crippen molar-refractivity contribution in [2.45, 2.75) is 4.90 Å². The van der Waals surface area contributed by atoms with Gasteiger partial charge in [0.05, 0.1) is 17.9 Å². The molecule has 0 spiro atoms. The van der Waals surface area contributed by atoms with E-state index in [-0.39, 0.29) is 11.4 Å². The molecule has 0 saturated carbocycles. The summed E-state index contributed by atoms with van der Waals surface area (Å²) in [6.45, 7) is 3.96. The first-order valence-electron chi connectivity index (χ1n) is 9.57. The molecule has 5 nitrogen and oxygen atoms in total. The lowest BCUT2D eigenvalue weighted by Crippen LogP contribution is -2.43. The summed E-state index contributed by atoms with van der Waals surface area (Å²) in [7, 11) is 0. The molecule has 4 rings (SSSR count). The standard InChI is InChI=1S/C21H21F2N3O2S2/c1-29-16-4-2-14(3-5-16)20(27)26(7-6-25-8-10-28-11-9-25)21-24-19-17(23)12-15(22)13-18(19)30-21/h2-5,12-13H,6-11H2,1H3. The maximum absolute atomic E-state index is 14.2. The van der Waals surface area contributed by atoms with Crippen LogP contribution in [-0.2, 0) is 4.74 Å². The highest BCUT2D eigenvalue weighted by Crippen LogP contribution is 2.32. The number of carbonyl (C=O) groups is 1. The van der Waals surface area contributed by atoms with E-state index >= 15 is 0 Å². The zero-order valence-electron chi connectivity index (χ0n) is 16.4. The van der Waals surface area contributed by atoms with Crippen LogP contribution in [0.1, 0.15) is 10.4 Å². The molecule has 1 amide bonds. The second kappa shape index (κ2) is 9.38. The highest BCUT2D eigenvalue weighted by Gasteiger charge is 2.24. The van der Waals surface area contributed by atoms with E-state index in [2.05, 4.69) is 9.88 Å². The van der Waals surface area contributed by atoms with Crippen molar-refractivity contribution in [3.8, 4) is 0 Å². The number of benzene rings is 2. The van der Waals surface area contributed by atoms with Crippen LogP contribution in [0.2, 0.25) is 0 Å². The van der Waals surface area contributed by atoms with Crippen molar-refractivity contribution in [2.75, 3.05) is 50.5 Å². The smallest absolute Gasteiger partial charge is 0.260 e. The van der Waals surface area contributed by atoms with E-state index in [1.807, 2.05) is 18.4 Å². The Balaban J connectivity index is 1.65. The van der Waals surface area contributed by atoms with Gasteiger partial charge in [-0.15, -0.1) is 11.8 Å². The van der Waals surface area contributed by atoms with Gasteiger partial charge in [-0.3, -0.25) is 14.6 Å². The van der Waals surface area contributed by atoms with E-state index in [1.165, 1.54) is 6.07 Å². The number of ether oxygens (including phenoxy) is 1. The molecule has 0 unspecified atom stereocenters. The largest absolute Gasteiger partial charge is 0.379 e. The lowest BCUT2D eigenvalue weighted by molar-refractivity contribution is 0.0391. The van der Waals surface area contributed by atoms with Gasteiger partial charge >= 0.3 is 0 Å². The van der Waals surface area contributed by atoms with Crippen LogP contribution in [0.4, 0.5) is 13.9 Å². The average Bonchev–Trinajstić information content (AvgIpc) is 3.18. The molecule has 2 aromatic carbocycles. The van der Waals surface area contributed by atoms with Crippen LogP contribution in [0.25, 0.3) is 10.2 Å². The Morgan fingerprint density at radius 2 is 1.97 bits per heavy atom. The van der Waals surface area contributed by atoms with Gasteiger partial charge in [0.15, 0.2) is 10.9 Å². The number of aromatic nitrogens is 1. The van der Waals surface area contributed by atoms with Crippen LogP contribution in [-0.4, -0.2) is 61.4 Å². The topological polar surface area (TPSA) is 45.7 Å². The van der Waals surface area contributed by atoms with Gasteiger partial charge in [0.1, 0.15) is 11.3 Å². The summed E-state index contributed by atoms with van der Waals surface area (Å²) >= 11 is 2.72. The summed E-state index contributed by atoms with van der Waals surface area (Å²) in [6.07, 6.45) is 1.97. The SMILES string of the molecule is CSc1ccc(C(=O)N(CCN2CCOCC2)c2nc3c(F)cc(F)cc3s2)cc1. The number of morpholine rings is 1. The second-order valence-corrected chi connectivity index (χ2v) is 8.76. The Morgan fingerprint density at radius 1 is 1.23 bits per heavy atom. The molecule has 0 radical (unpaired) electrons. The van der Waals surface area contributed by atoms with E-state index < -0.39 is 11.6 Å². The summed E-state index contributed by atoms with van der Waals surface area (Å²) in [6, 6.07) is 9.41. The Kier molecular flexibility index (Phi) is 6.62. The number of hydrogen-bond donors (Lipinski definition) is 0. The number of thiazole rings is 1. The Labute approximate surface area is 181 Å². The molecule has 2 heterocycles. The first-order valence-corrected chi connectivity index (χ1v) is 11.6. The molecule has 1 aliphatic rings. The van der Waals surface area contributed by atoms with Crippen LogP contribution in [0.15, 0.2) is 41.3 Å². The monoisotopic (exact) mass is 449 g/mol. The van der Waals surface area contributed by atoms with Gasteiger partial charge in [0.25, 0.3) is 5.91 Å². The molecule has 1 saturated heterocycles. The van der Waals surface area contributed by atoms with Crippen LogP contribution in [0.3, 0.4) is 0 Å². The van der Waals surface area contributed by atoms with E-state index in [4.69, 9.17) is 4.74 Å². The van der Waals surface area contributed by atoms with Gasteiger partial charge in [-0.25, -0.2) is 13.8 Å². The highest BCUT2D eigenvalue weighted by atomic mass is 32.2. The van der Waals surface area contributed by atoms with E-state index in [0.717, 1.165) is 35.4 Å². The fraction of sp³-hybridized carbons (Fsp3) is 0.333. The lowest BCUT2D eigenvalue weighted by atomic mass is 10.2. The highest BCUT2D eigenvalue weighted by molar-refractivity contribution is 7.98. The molecule has 158 valence electrons. The molecular formula is C21H21F2N3O2S2. The first kappa shape index (κ1) is 21.2. The predicted octanol–water partition coefficient (Wildman–Crippen LogP) is 4.28. The molecule has 9 heteroatoms. The number of thioether (sulfide) groups is 1. The minimum absolute atomic E-state index is 0.0818. The number of halogens is 2. The molecule has 3 aromatic rings. The van der Waals surface area contributed by atoms with Crippen LogP contribution >= 0.6 is 23.1 Å². The Hall–Kier alpha value is -2.07. The number of fused-ring (bicyclic) bond motifs is 1. The molecular weight excluding hydrogens is 428 g/mol. The quantitative estimate of drug-likeness (QED) is 0.526. The van der Waals surface area contributed by atoms with Crippen molar-refractivity contribution in [1.29, 1.82) is 0 Å². The number of nitrogens with zero attached hydrogens (tertiary/aromatic N) is 3. The third-order valence-electron chi connectivity index (χ3n) is 4.96. The van der Waals surface area contributed by atoms with Crippen molar-refractivity contribution >= 4 is 44.4 Å². The van der Waals surface area contributed by atoms with Crippen LogP contribution < -0.4 is 4.90 Å². The fourth-order valence-corrected chi connectivity index (χ4v) is 4.74. The van der Waals surface area contributed by atoms with E-state index in [1.54, 1.807) is 28.8 Å². The van der Waals surface area contributed by atoms with E-state index in [9.17, 15) is 13.6 Å². The number of hydrogen-bond acceptors (Lipinski definition) is 6. The van der Waals surface area contributed by atoms with Gasteiger partial charge in [-0.2, -0.15) is 0 Å².